The Labute approximate surface area is 246 Å². The number of nitrogen functional groups attached to an aromatic ring is 1. The highest BCUT2D eigenvalue weighted by molar-refractivity contribution is 6.34. The Morgan fingerprint density at radius 3 is 2.45 bits per heavy atom. The number of benzene rings is 1. The normalized spacial score (nSPS) is 22.1. The van der Waals surface area contributed by atoms with Crippen molar-refractivity contribution in [2.45, 2.75) is 70.3 Å². The first-order chi connectivity index (χ1) is 20.0. The number of piperidine rings is 1. The number of aryl methyl sites for hydroxylation is 1. The Hall–Kier alpha value is -2.96. The van der Waals surface area contributed by atoms with Crippen LogP contribution in [0.3, 0.4) is 0 Å². The maximum absolute atomic E-state index is 16.5. The molecule has 13 heteroatoms. The molecule has 3 aliphatic rings. The fourth-order valence-corrected chi connectivity index (χ4v) is 6.88. The Morgan fingerprint density at radius 1 is 1.10 bits per heavy atom. The fourth-order valence-electron chi connectivity index (χ4n) is 6.60. The van der Waals surface area contributed by atoms with Crippen molar-refractivity contribution in [3.63, 3.8) is 0 Å². The molecule has 5 heterocycles. The van der Waals surface area contributed by atoms with Crippen molar-refractivity contribution in [2.75, 3.05) is 43.4 Å². The molecule has 6 rings (SSSR count). The van der Waals surface area contributed by atoms with Gasteiger partial charge < -0.3 is 20.7 Å². The SMILES string of the molecule is Cc1cc(N)nc(-c2c(Cl)cc3c(N4CC5CCC(C4)N5)nc(O[C@@H](C)CN4CCCCC4)nc3c2F)c1C(F)(F)F. The van der Waals surface area contributed by atoms with Crippen LogP contribution < -0.4 is 20.7 Å². The zero-order valence-corrected chi connectivity index (χ0v) is 24.3. The summed E-state index contributed by atoms with van der Waals surface area (Å²) in [6.45, 7) is 7.06. The number of nitrogens with two attached hydrogens (primary N) is 1. The van der Waals surface area contributed by atoms with Crippen LogP contribution in [0.15, 0.2) is 12.1 Å². The van der Waals surface area contributed by atoms with Gasteiger partial charge in [-0.05, 0) is 70.3 Å². The Balaban J connectivity index is 1.48. The van der Waals surface area contributed by atoms with Crippen LogP contribution >= 0.6 is 11.6 Å². The van der Waals surface area contributed by atoms with Crippen molar-refractivity contribution in [3.05, 3.63) is 34.1 Å². The third-order valence-corrected chi connectivity index (χ3v) is 8.68. The van der Waals surface area contributed by atoms with Gasteiger partial charge in [-0.3, -0.25) is 4.90 Å². The Bertz CT molecular complexity index is 1490. The number of rotatable bonds is 6. The first kappa shape index (κ1) is 29.1. The van der Waals surface area contributed by atoms with E-state index in [4.69, 9.17) is 27.1 Å². The first-order valence-electron chi connectivity index (χ1n) is 14.4. The predicted octanol–water partition coefficient (Wildman–Crippen LogP) is 5.59. The molecule has 42 heavy (non-hydrogen) atoms. The lowest BCUT2D eigenvalue weighted by molar-refractivity contribution is -0.137. The van der Waals surface area contributed by atoms with Gasteiger partial charge in [0.15, 0.2) is 5.82 Å². The van der Waals surface area contributed by atoms with Crippen molar-refractivity contribution < 1.29 is 22.3 Å². The summed E-state index contributed by atoms with van der Waals surface area (Å²) in [4.78, 5) is 17.4. The predicted molar refractivity (Wildman–Crippen MR) is 154 cm³/mol. The van der Waals surface area contributed by atoms with Gasteiger partial charge in [-0.2, -0.15) is 23.1 Å². The van der Waals surface area contributed by atoms with Crippen molar-refractivity contribution in [1.29, 1.82) is 0 Å². The minimum Gasteiger partial charge on any atom is -0.459 e. The van der Waals surface area contributed by atoms with E-state index in [9.17, 15) is 13.2 Å². The number of hydrogen-bond donors (Lipinski definition) is 2. The number of halogens is 5. The molecule has 3 fully saturated rings. The highest BCUT2D eigenvalue weighted by Gasteiger charge is 2.39. The molecule has 3 atom stereocenters. The number of nitrogens with one attached hydrogen (secondary N) is 1. The van der Waals surface area contributed by atoms with Gasteiger partial charge in [0.2, 0.25) is 0 Å². The highest BCUT2D eigenvalue weighted by atomic mass is 35.5. The number of fused-ring (bicyclic) bond motifs is 3. The van der Waals surface area contributed by atoms with E-state index in [2.05, 4.69) is 25.1 Å². The van der Waals surface area contributed by atoms with Gasteiger partial charge in [-0.1, -0.05) is 18.0 Å². The average molecular weight is 608 g/mol. The first-order valence-corrected chi connectivity index (χ1v) is 14.8. The van der Waals surface area contributed by atoms with E-state index in [1.165, 1.54) is 19.4 Å². The standard InChI is InChI=1S/C29H34ClF4N7O/c1-15-10-21(35)37-26(23(15)29(32,33)34)22-20(30)11-19-25(24(22)31)38-28(42-16(2)12-40-8-4-3-5-9-40)39-27(19)41-13-17-6-7-18(14-41)36-17/h10-11,16-18,36H,3-9,12-14H2,1-2H3,(H2,35,37)/t16-,17?,18?/m0/s1. The zero-order chi connectivity index (χ0) is 29.8. The lowest BCUT2D eigenvalue weighted by atomic mass is 9.99. The van der Waals surface area contributed by atoms with E-state index in [-0.39, 0.29) is 46.1 Å². The minimum atomic E-state index is -4.82. The summed E-state index contributed by atoms with van der Waals surface area (Å²) >= 11 is 6.57. The summed E-state index contributed by atoms with van der Waals surface area (Å²) < 4.78 is 65.2. The molecule has 0 radical (unpaired) electrons. The number of hydrogen-bond acceptors (Lipinski definition) is 8. The van der Waals surface area contributed by atoms with Crippen molar-refractivity contribution in [2.24, 2.45) is 0 Å². The molecule has 2 aromatic heterocycles. The lowest BCUT2D eigenvalue weighted by Crippen LogP contribution is -2.51. The number of aromatic nitrogens is 3. The molecule has 226 valence electrons. The van der Waals surface area contributed by atoms with E-state index in [1.54, 1.807) is 0 Å². The van der Waals surface area contributed by atoms with Gasteiger partial charge >= 0.3 is 12.2 Å². The molecule has 3 aromatic rings. The molecular formula is C29H34ClF4N7O. The van der Waals surface area contributed by atoms with Crippen LogP contribution in [0.5, 0.6) is 6.01 Å². The second kappa shape index (κ2) is 11.3. The molecule has 1 aromatic carbocycles. The molecule has 0 spiro atoms. The summed E-state index contributed by atoms with van der Waals surface area (Å²) in [5, 5.41) is 3.63. The van der Waals surface area contributed by atoms with E-state index in [0.717, 1.165) is 44.8 Å². The van der Waals surface area contributed by atoms with Crippen LogP contribution in [-0.2, 0) is 6.18 Å². The number of pyridine rings is 1. The Morgan fingerprint density at radius 2 is 1.79 bits per heavy atom. The van der Waals surface area contributed by atoms with Crippen LogP contribution in [-0.4, -0.2) is 70.8 Å². The number of likely N-dealkylation sites (tertiary alicyclic amines) is 1. The quantitative estimate of drug-likeness (QED) is 0.351. The summed E-state index contributed by atoms with van der Waals surface area (Å²) in [5.41, 5.74) is 3.17. The maximum Gasteiger partial charge on any atom is 0.418 e. The number of nitrogens with zero attached hydrogens (tertiary/aromatic N) is 5. The number of alkyl halides is 3. The topological polar surface area (TPSA) is 92.4 Å². The molecule has 3 aliphatic heterocycles. The molecule has 3 saturated heterocycles. The smallest absolute Gasteiger partial charge is 0.418 e. The van der Waals surface area contributed by atoms with Crippen LogP contribution in [0.1, 0.15) is 50.2 Å². The lowest BCUT2D eigenvalue weighted by Gasteiger charge is -2.34. The molecule has 0 aliphatic carbocycles. The largest absolute Gasteiger partial charge is 0.459 e. The van der Waals surface area contributed by atoms with Crippen LogP contribution in [0.25, 0.3) is 22.2 Å². The molecule has 8 nitrogen and oxygen atoms in total. The van der Waals surface area contributed by atoms with Crippen molar-refractivity contribution in [3.8, 4) is 17.3 Å². The highest BCUT2D eigenvalue weighted by Crippen LogP contribution is 2.45. The van der Waals surface area contributed by atoms with Gasteiger partial charge in [0.25, 0.3) is 0 Å². The summed E-state index contributed by atoms with van der Waals surface area (Å²) in [6, 6.07) is 3.01. The summed E-state index contributed by atoms with van der Waals surface area (Å²) in [5.74, 6) is -0.768. The number of anilines is 2. The summed E-state index contributed by atoms with van der Waals surface area (Å²) in [7, 11) is 0. The van der Waals surface area contributed by atoms with Crippen molar-refractivity contribution in [1.82, 2.24) is 25.2 Å². The third kappa shape index (κ3) is 5.68. The third-order valence-electron chi connectivity index (χ3n) is 8.39. The van der Waals surface area contributed by atoms with Gasteiger partial charge in [-0.25, -0.2) is 9.37 Å². The second-order valence-electron chi connectivity index (χ2n) is 11.7. The fraction of sp³-hybridized carbons (Fsp3) is 0.552. The molecule has 2 unspecified atom stereocenters. The maximum atomic E-state index is 16.5. The van der Waals surface area contributed by atoms with E-state index in [1.807, 2.05) is 6.92 Å². The molecular weight excluding hydrogens is 574 g/mol. The zero-order valence-electron chi connectivity index (χ0n) is 23.6. The van der Waals surface area contributed by atoms with E-state index in [0.29, 0.717) is 30.8 Å². The van der Waals surface area contributed by atoms with Crippen LogP contribution in [0.2, 0.25) is 5.02 Å². The van der Waals surface area contributed by atoms with Crippen LogP contribution in [0, 0.1) is 12.7 Å². The molecule has 2 bridgehead atoms. The summed E-state index contributed by atoms with van der Waals surface area (Å²) in [6.07, 6.45) is 0.372. The number of piperazine rings is 1. The average Bonchev–Trinajstić information content (AvgIpc) is 3.25. The number of ether oxygens (including phenoxy) is 1. The Kier molecular flexibility index (Phi) is 7.82. The van der Waals surface area contributed by atoms with Gasteiger partial charge in [0.05, 0.1) is 21.8 Å². The van der Waals surface area contributed by atoms with E-state index >= 15 is 4.39 Å². The van der Waals surface area contributed by atoms with Crippen molar-refractivity contribution >= 4 is 34.1 Å². The second-order valence-corrected chi connectivity index (χ2v) is 12.1. The van der Waals surface area contributed by atoms with E-state index < -0.39 is 28.8 Å². The minimum absolute atomic E-state index is 0.0344. The molecule has 0 saturated carbocycles. The van der Waals surface area contributed by atoms with Gasteiger partial charge in [-0.15, -0.1) is 0 Å². The van der Waals surface area contributed by atoms with Gasteiger partial charge in [0.1, 0.15) is 23.3 Å². The monoisotopic (exact) mass is 607 g/mol. The van der Waals surface area contributed by atoms with Crippen LogP contribution in [0.4, 0.5) is 29.2 Å². The molecule has 3 N–H and O–H groups in total. The molecule has 0 amide bonds. The van der Waals surface area contributed by atoms with Gasteiger partial charge in [0, 0.05) is 37.1 Å².